The summed E-state index contributed by atoms with van der Waals surface area (Å²) in [4.78, 5) is 0. The Balaban J connectivity index is 0.00000169. The molecule has 0 bridgehead atoms. The minimum Gasteiger partial charge on any atom is -1.00 e. The summed E-state index contributed by atoms with van der Waals surface area (Å²) in [7, 11) is 4.05. The Morgan fingerprint density at radius 2 is 1.71 bits per heavy atom. The molecule has 0 radical (unpaired) electrons. The van der Waals surface area contributed by atoms with Crippen molar-refractivity contribution in [2.45, 2.75) is 19.7 Å². The van der Waals surface area contributed by atoms with Crippen molar-refractivity contribution in [3.63, 3.8) is 0 Å². The Hall–Kier alpha value is -0.570. The van der Waals surface area contributed by atoms with Crippen molar-refractivity contribution in [3.05, 3.63) is 35.9 Å². The van der Waals surface area contributed by atoms with Crippen LogP contribution in [0.2, 0.25) is 0 Å². The third kappa shape index (κ3) is 3.66. The lowest BCUT2D eigenvalue weighted by molar-refractivity contribution is -0.946. The molecule has 0 heterocycles. The van der Waals surface area contributed by atoms with Gasteiger partial charge in [-0.2, -0.15) is 0 Å². The maximum atomic E-state index is 9.51. The SMILES string of the molecule is CC(O)[N+](C)(C)Cc1ccccc1.[Cl-]. The highest BCUT2D eigenvalue weighted by molar-refractivity contribution is 5.13. The van der Waals surface area contributed by atoms with Crippen LogP contribution in [0.15, 0.2) is 30.3 Å². The van der Waals surface area contributed by atoms with Crippen molar-refractivity contribution in [3.8, 4) is 0 Å². The van der Waals surface area contributed by atoms with Gasteiger partial charge in [0.05, 0.1) is 14.1 Å². The first-order valence-electron chi connectivity index (χ1n) is 4.57. The average Bonchev–Trinajstić information content (AvgIpc) is 2.05. The molecule has 0 saturated heterocycles. The molecule has 1 aromatic rings. The van der Waals surface area contributed by atoms with E-state index in [1.54, 1.807) is 0 Å². The molecule has 14 heavy (non-hydrogen) atoms. The summed E-state index contributed by atoms with van der Waals surface area (Å²) in [6, 6.07) is 10.2. The molecule has 1 atom stereocenters. The highest BCUT2D eigenvalue weighted by Crippen LogP contribution is 2.11. The molecule has 0 aromatic heterocycles. The van der Waals surface area contributed by atoms with Gasteiger partial charge in [-0.3, -0.25) is 0 Å². The summed E-state index contributed by atoms with van der Waals surface area (Å²) >= 11 is 0. The molecular weight excluding hydrogens is 198 g/mol. The van der Waals surface area contributed by atoms with Crippen LogP contribution in [-0.2, 0) is 6.54 Å². The maximum absolute atomic E-state index is 9.51. The number of benzene rings is 1. The summed E-state index contributed by atoms with van der Waals surface area (Å²) in [6.45, 7) is 2.68. The van der Waals surface area contributed by atoms with Gasteiger partial charge in [0.1, 0.15) is 6.54 Å². The second kappa shape index (κ2) is 5.35. The van der Waals surface area contributed by atoms with Crippen molar-refractivity contribution in [2.75, 3.05) is 14.1 Å². The first-order valence-corrected chi connectivity index (χ1v) is 4.57. The van der Waals surface area contributed by atoms with E-state index >= 15 is 0 Å². The van der Waals surface area contributed by atoms with Crippen molar-refractivity contribution < 1.29 is 22.0 Å². The number of halogens is 1. The fourth-order valence-electron chi connectivity index (χ4n) is 1.19. The highest BCUT2D eigenvalue weighted by atomic mass is 35.5. The average molecular weight is 216 g/mol. The van der Waals surface area contributed by atoms with Crippen LogP contribution in [0.25, 0.3) is 0 Å². The fraction of sp³-hybridized carbons (Fsp3) is 0.455. The quantitative estimate of drug-likeness (QED) is 0.486. The molecule has 0 fully saturated rings. The van der Waals surface area contributed by atoms with Gasteiger partial charge in [0.15, 0.2) is 6.23 Å². The molecule has 80 valence electrons. The zero-order valence-electron chi connectivity index (χ0n) is 8.94. The summed E-state index contributed by atoms with van der Waals surface area (Å²) < 4.78 is 0.601. The summed E-state index contributed by atoms with van der Waals surface area (Å²) in [5.41, 5.74) is 1.26. The van der Waals surface area contributed by atoms with Crippen LogP contribution in [0, 0.1) is 0 Å². The Morgan fingerprint density at radius 3 is 2.14 bits per heavy atom. The number of hydrogen-bond acceptors (Lipinski definition) is 1. The normalized spacial score (nSPS) is 13.1. The van der Waals surface area contributed by atoms with E-state index in [-0.39, 0.29) is 18.6 Å². The number of aliphatic hydroxyl groups is 1. The van der Waals surface area contributed by atoms with Crippen LogP contribution in [0.1, 0.15) is 12.5 Å². The van der Waals surface area contributed by atoms with Gasteiger partial charge in [-0.05, 0) is 0 Å². The van der Waals surface area contributed by atoms with Crippen LogP contribution < -0.4 is 12.4 Å². The molecule has 0 aliphatic carbocycles. The first kappa shape index (κ1) is 13.4. The fourth-order valence-corrected chi connectivity index (χ4v) is 1.19. The smallest absolute Gasteiger partial charge is 0.187 e. The molecule has 1 aromatic carbocycles. The molecular formula is C11H18ClNO. The lowest BCUT2D eigenvalue weighted by atomic mass is 10.2. The van der Waals surface area contributed by atoms with Gasteiger partial charge in [0.2, 0.25) is 0 Å². The van der Waals surface area contributed by atoms with Crippen molar-refractivity contribution >= 4 is 0 Å². The Labute approximate surface area is 92.2 Å². The molecule has 3 heteroatoms. The zero-order chi connectivity index (χ0) is 9.90. The summed E-state index contributed by atoms with van der Waals surface area (Å²) in [6.07, 6.45) is -0.333. The maximum Gasteiger partial charge on any atom is 0.187 e. The number of nitrogens with zero attached hydrogens (tertiary/aromatic N) is 1. The van der Waals surface area contributed by atoms with E-state index in [1.807, 2.05) is 39.2 Å². The van der Waals surface area contributed by atoms with Crippen molar-refractivity contribution in [2.24, 2.45) is 0 Å². The van der Waals surface area contributed by atoms with Gasteiger partial charge in [-0.15, -0.1) is 0 Å². The second-order valence-corrected chi connectivity index (χ2v) is 4.05. The third-order valence-corrected chi connectivity index (χ3v) is 2.44. The van der Waals surface area contributed by atoms with Crippen LogP contribution in [0.3, 0.4) is 0 Å². The molecule has 0 amide bonds. The van der Waals surface area contributed by atoms with Crippen molar-refractivity contribution in [1.82, 2.24) is 0 Å². The predicted octanol–water partition coefficient (Wildman–Crippen LogP) is -1.39. The van der Waals surface area contributed by atoms with Crippen LogP contribution in [-0.4, -0.2) is 29.9 Å². The number of hydrogen-bond donors (Lipinski definition) is 1. The number of aliphatic hydroxyl groups excluding tert-OH is 1. The van der Waals surface area contributed by atoms with Gasteiger partial charge in [0, 0.05) is 12.5 Å². The van der Waals surface area contributed by atoms with Gasteiger partial charge in [0.25, 0.3) is 0 Å². The molecule has 2 nitrogen and oxygen atoms in total. The van der Waals surface area contributed by atoms with Gasteiger partial charge < -0.3 is 22.0 Å². The Kier molecular flexibility index (Phi) is 5.13. The molecule has 0 spiro atoms. The minimum absolute atomic E-state index is 0. The summed E-state index contributed by atoms with van der Waals surface area (Å²) in [5, 5.41) is 9.51. The van der Waals surface area contributed by atoms with Gasteiger partial charge in [-0.1, -0.05) is 30.3 Å². The molecule has 1 N–H and O–H groups in total. The van der Waals surface area contributed by atoms with E-state index in [9.17, 15) is 5.11 Å². The third-order valence-electron chi connectivity index (χ3n) is 2.44. The zero-order valence-corrected chi connectivity index (χ0v) is 9.70. The molecule has 0 aliphatic rings. The van der Waals surface area contributed by atoms with Crippen LogP contribution in [0.5, 0.6) is 0 Å². The van der Waals surface area contributed by atoms with E-state index in [0.29, 0.717) is 4.48 Å². The van der Waals surface area contributed by atoms with E-state index in [0.717, 1.165) is 6.54 Å². The second-order valence-electron chi connectivity index (χ2n) is 4.05. The lowest BCUT2D eigenvalue weighted by Crippen LogP contribution is -3.00. The van der Waals surface area contributed by atoms with Crippen molar-refractivity contribution in [1.29, 1.82) is 0 Å². The van der Waals surface area contributed by atoms with E-state index in [1.165, 1.54) is 5.56 Å². The van der Waals surface area contributed by atoms with Gasteiger partial charge in [-0.25, -0.2) is 0 Å². The van der Waals surface area contributed by atoms with Gasteiger partial charge >= 0.3 is 0 Å². The Bertz CT molecular complexity index is 259. The van der Waals surface area contributed by atoms with E-state index < -0.39 is 0 Å². The topological polar surface area (TPSA) is 20.2 Å². The number of quaternary nitrogens is 1. The molecule has 0 saturated carbocycles. The Morgan fingerprint density at radius 1 is 1.21 bits per heavy atom. The molecule has 0 aliphatic heterocycles. The predicted molar refractivity (Wildman–Crippen MR) is 53.9 cm³/mol. The minimum atomic E-state index is -0.333. The summed E-state index contributed by atoms with van der Waals surface area (Å²) in [5.74, 6) is 0. The van der Waals surface area contributed by atoms with E-state index in [4.69, 9.17) is 0 Å². The molecule has 1 rings (SSSR count). The largest absolute Gasteiger partial charge is 1.00 e. The standard InChI is InChI=1S/C11H18NO.ClH/c1-10(13)12(2,3)9-11-7-5-4-6-8-11;/h4-8,10,13H,9H2,1-3H3;1H/q+1;/p-1. The molecule has 1 unspecified atom stereocenters. The van der Waals surface area contributed by atoms with E-state index in [2.05, 4.69) is 12.1 Å². The first-order chi connectivity index (χ1) is 6.02. The van der Waals surface area contributed by atoms with Crippen LogP contribution in [0.4, 0.5) is 0 Å². The monoisotopic (exact) mass is 215 g/mol. The van der Waals surface area contributed by atoms with Crippen LogP contribution >= 0.6 is 0 Å². The highest BCUT2D eigenvalue weighted by Gasteiger charge is 2.21. The lowest BCUT2D eigenvalue weighted by Gasteiger charge is -2.32. The number of rotatable bonds is 3.